The molecule has 4 heteroatoms. The Bertz CT molecular complexity index is 606. The van der Waals surface area contributed by atoms with E-state index in [9.17, 15) is 4.79 Å². The zero-order valence-electron chi connectivity index (χ0n) is 12.3. The SMILES string of the molecule is CC1CCCC(c2noc(CC(=O)c3ccccc3)n2)C1. The van der Waals surface area contributed by atoms with Gasteiger partial charge in [-0.05, 0) is 18.8 Å². The average molecular weight is 284 g/mol. The van der Waals surface area contributed by atoms with E-state index in [4.69, 9.17) is 4.52 Å². The number of rotatable bonds is 4. The highest BCUT2D eigenvalue weighted by Gasteiger charge is 2.25. The van der Waals surface area contributed by atoms with E-state index < -0.39 is 0 Å². The highest BCUT2D eigenvalue weighted by atomic mass is 16.5. The zero-order chi connectivity index (χ0) is 14.7. The first-order valence-corrected chi connectivity index (χ1v) is 7.63. The molecule has 0 bridgehead atoms. The first-order chi connectivity index (χ1) is 10.2. The minimum Gasteiger partial charge on any atom is -0.339 e. The standard InChI is InChI=1S/C17H20N2O2/c1-12-6-5-9-14(10-12)17-18-16(21-19-17)11-15(20)13-7-3-2-4-8-13/h2-4,7-8,12,14H,5-6,9-11H2,1H3. The topological polar surface area (TPSA) is 56.0 Å². The van der Waals surface area contributed by atoms with Crippen LogP contribution in [0.1, 0.15) is 60.6 Å². The molecule has 3 rings (SSSR count). The van der Waals surface area contributed by atoms with Crippen LogP contribution in [0.15, 0.2) is 34.9 Å². The molecule has 0 N–H and O–H groups in total. The van der Waals surface area contributed by atoms with Crippen molar-refractivity contribution in [2.24, 2.45) is 5.92 Å². The van der Waals surface area contributed by atoms with Crippen molar-refractivity contribution in [3.05, 3.63) is 47.6 Å². The van der Waals surface area contributed by atoms with Crippen LogP contribution in [-0.4, -0.2) is 15.9 Å². The van der Waals surface area contributed by atoms with Gasteiger partial charge in [0.15, 0.2) is 11.6 Å². The molecule has 4 nitrogen and oxygen atoms in total. The lowest BCUT2D eigenvalue weighted by atomic mass is 9.82. The van der Waals surface area contributed by atoms with Crippen LogP contribution in [0, 0.1) is 5.92 Å². The van der Waals surface area contributed by atoms with Gasteiger partial charge in [0.25, 0.3) is 0 Å². The van der Waals surface area contributed by atoms with Crippen LogP contribution < -0.4 is 0 Å². The van der Waals surface area contributed by atoms with Gasteiger partial charge in [-0.1, -0.05) is 55.3 Å². The van der Waals surface area contributed by atoms with Crippen molar-refractivity contribution in [2.45, 2.75) is 44.9 Å². The van der Waals surface area contributed by atoms with Crippen molar-refractivity contribution in [3.8, 4) is 0 Å². The number of benzene rings is 1. The molecule has 1 saturated carbocycles. The highest BCUT2D eigenvalue weighted by Crippen LogP contribution is 2.34. The Morgan fingerprint density at radius 1 is 1.29 bits per heavy atom. The summed E-state index contributed by atoms with van der Waals surface area (Å²) >= 11 is 0. The molecule has 0 aliphatic heterocycles. The van der Waals surface area contributed by atoms with Crippen LogP contribution in [0.2, 0.25) is 0 Å². The van der Waals surface area contributed by atoms with Crippen molar-refractivity contribution in [1.29, 1.82) is 0 Å². The number of nitrogens with zero attached hydrogens (tertiary/aromatic N) is 2. The van der Waals surface area contributed by atoms with E-state index in [0.717, 1.165) is 24.6 Å². The summed E-state index contributed by atoms with van der Waals surface area (Å²) in [6.07, 6.45) is 4.92. The Morgan fingerprint density at radius 2 is 2.10 bits per heavy atom. The van der Waals surface area contributed by atoms with E-state index in [2.05, 4.69) is 17.1 Å². The summed E-state index contributed by atoms with van der Waals surface area (Å²) in [6, 6.07) is 9.22. The van der Waals surface area contributed by atoms with E-state index in [-0.39, 0.29) is 12.2 Å². The molecule has 1 aromatic carbocycles. The van der Waals surface area contributed by atoms with Crippen molar-refractivity contribution < 1.29 is 9.32 Å². The average Bonchev–Trinajstić information content (AvgIpc) is 2.97. The Morgan fingerprint density at radius 3 is 2.86 bits per heavy atom. The smallest absolute Gasteiger partial charge is 0.234 e. The number of aromatic nitrogens is 2. The Hall–Kier alpha value is -1.97. The quantitative estimate of drug-likeness (QED) is 0.801. The Balaban J connectivity index is 1.66. The van der Waals surface area contributed by atoms with Crippen LogP contribution in [0.25, 0.3) is 0 Å². The second kappa shape index (κ2) is 6.20. The molecule has 2 atom stereocenters. The molecule has 0 amide bonds. The first-order valence-electron chi connectivity index (χ1n) is 7.63. The molecule has 1 aliphatic rings. The van der Waals surface area contributed by atoms with Crippen molar-refractivity contribution in [2.75, 3.05) is 0 Å². The summed E-state index contributed by atoms with van der Waals surface area (Å²) in [7, 11) is 0. The number of ketones is 1. The fraction of sp³-hybridized carbons (Fsp3) is 0.471. The molecular weight excluding hydrogens is 264 g/mol. The molecule has 2 aromatic rings. The van der Waals surface area contributed by atoms with Crippen LogP contribution in [0.4, 0.5) is 0 Å². The predicted octanol–water partition coefficient (Wildman–Crippen LogP) is 3.79. The molecule has 1 fully saturated rings. The maximum absolute atomic E-state index is 12.1. The maximum atomic E-state index is 12.1. The Kier molecular flexibility index (Phi) is 4.13. The molecule has 110 valence electrons. The molecule has 0 radical (unpaired) electrons. The summed E-state index contributed by atoms with van der Waals surface area (Å²) in [4.78, 5) is 16.6. The third-order valence-electron chi connectivity index (χ3n) is 4.19. The van der Waals surface area contributed by atoms with E-state index in [0.29, 0.717) is 17.4 Å². The van der Waals surface area contributed by atoms with Crippen LogP contribution >= 0.6 is 0 Å². The number of carbonyl (C=O) groups excluding carboxylic acids is 1. The molecule has 21 heavy (non-hydrogen) atoms. The van der Waals surface area contributed by atoms with Gasteiger partial charge in [-0.2, -0.15) is 4.98 Å². The summed E-state index contributed by atoms with van der Waals surface area (Å²) in [5.41, 5.74) is 0.684. The number of hydrogen-bond donors (Lipinski definition) is 0. The lowest BCUT2D eigenvalue weighted by molar-refractivity contribution is 0.0983. The zero-order valence-corrected chi connectivity index (χ0v) is 12.3. The predicted molar refractivity (Wildman–Crippen MR) is 79.1 cm³/mol. The summed E-state index contributed by atoms with van der Waals surface area (Å²) < 4.78 is 5.26. The molecule has 0 spiro atoms. The summed E-state index contributed by atoms with van der Waals surface area (Å²) in [6.45, 7) is 2.27. The molecular formula is C17H20N2O2. The lowest BCUT2D eigenvalue weighted by Crippen LogP contribution is -2.13. The van der Waals surface area contributed by atoms with Gasteiger partial charge in [0, 0.05) is 11.5 Å². The molecule has 1 heterocycles. The summed E-state index contributed by atoms with van der Waals surface area (Å²) in [5, 5.41) is 4.08. The van der Waals surface area contributed by atoms with Crippen molar-refractivity contribution in [3.63, 3.8) is 0 Å². The third kappa shape index (κ3) is 3.38. The fourth-order valence-corrected chi connectivity index (χ4v) is 3.04. The van der Waals surface area contributed by atoms with Gasteiger partial charge < -0.3 is 4.52 Å². The minimum atomic E-state index is 0.0165. The van der Waals surface area contributed by atoms with E-state index in [1.807, 2.05) is 30.3 Å². The van der Waals surface area contributed by atoms with Crippen LogP contribution in [0.3, 0.4) is 0 Å². The molecule has 1 aromatic heterocycles. The minimum absolute atomic E-state index is 0.0165. The molecule has 2 unspecified atom stereocenters. The van der Waals surface area contributed by atoms with Gasteiger partial charge in [0.1, 0.15) is 0 Å². The molecule has 1 aliphatic carbocycles. The van der Waals surface area contributed by atoms with Gasteiger partial charge >= 0.3 is 0 Å². The van der Waals surface area contributed by atoms with Crippen LogP contribution in [0.5, 0.6) is 0 Å². The van der Waals surface area contributed by atoms with Gasteiger partial charge in [-0.3, -0.25) is 4.79 Å². The lowest BCUT2D eigenvalue weighted by Gasteiger charge is -2.23. The van der Waals surface area contributed by atoms with E-state index in [1.54, 1.807) is 0 Å². The van der Waals surface area contributed by atoms with Gasteiger partial charge in [-0.25, -0.2) is 0 Å². The largest absolute Gasteiger partial charge is 0.339 e. The molecule has 0 saturated heterocycles. The number of Topliss-reactive ketones (excluding diaryl/α,β-unsaturated/α-hetero) is 1. The summed E-state index contributed by atoms with van der Waals surface area (Å²) in [5.74, 6) is 2.33. The van der Waals surface area contributed by atoms with Gasteiger partial charge in [0.05, 0.1) is 6.42 Å². The monoisotopic (exact) mass is 284 g/mol. The number of carbonyl (C=O) groups is 1. The van der Waals surface area contributed by atoms with Crippen molar-refractivity contribution >= 4 is 5.78 Å². The maximum Gasteiger partial charge on any atom is 0.234 e. The van der Waals surface area contributed by atoms with E-state index in [1.165, 1.54) is 12.8 Å². The fourth-order valence-electron chi connectivity index (χ4n) is 3.04. The second-order valence-electron chi connectivity index (χ2n) is 5.98. The van der Waals surface area contributed by atoms with Gasteiger partial charge in [-0.15, -0.1) is 0 Å². The highest BCUT2D eigenvalue weighted by molar-refractivity contribution is 5.96. The van der Waals surface area contributed by atoms with E-state index >= 15 is 0 Å². The Labute approximate surface area is 124 Å². The normalized spacial score (nSPS) is 22.1. The third-order valence-corrected chi connectivity index (χ3v) is 4.19. The number of hydrogen-bond acceptors (Lipinski definition) is 4. The van der Waals surface area contributed by atoms with Gasteiger partial charge in [0.2, 0.25) is 5.89 Å². The van der Waals surface area contributed by atoms with Crippen molar-refractivity contribution in [1.82, 2.24) is 10.1 Å². The van der Waals surface area contributed by atoms with Crippen LogP contribution in [-0.2, 0) is 6.42 Å². The second-order valence-corrected chi connectivity index (χ2v) is 5.98. The first kappa shape index (κ1) is 14.0.